The first kappa shape index (κ1) is 21.2. The summed E-state index contributed by atoms with van der Waals surface area (Å²) in [6.07, 6.45) is -0.840. The summed E-state index contributed by atoms with van der Waals surface area (Å²) in [6.45, 7) is 9.60. The van der Waals surface area contributed by atoms with Crippen LogP contribution >= 0.6 is 0 Å². The molecule has 0 fully saturated rings. The lowest BCUT2D eigenvalue weighted by Gasteiger charge is -2.22. The van der Waals surface area contributed by atoms with Crippen LogP contribution in [0.5, 0.6) is 5.75 Å². The van der Waals surface area contributed by atoms with Crippen LogP contribution in [-0.2, 0) is 11.3 Å². The van der Waals surface area contributed by atoms with E-state index in [0.29, 0.717) is 17.9 Å². The number of halogens is 1. The molecule has 0 radical (unpaired) electrons. The highest BCUT2D eigenvalue weighted by molar-refractivity contribution is 5.67. The summed E-state index contributed by atoms with van der Waals surface area (Å²) in [6, 6.07) is 4.16. The van der Waals surface area contributed by atoms with Crippen LogP contribution < -0.4 is 15.4 Å². The maximum Gasteiger partial charge on any atom is 0.407 e. The monoisotopic (exact) mass is 356 g/mol. The minimum Gasteiger partial charge on any atom is -0.489 e. The number of amides is 1. The van der Waals surface area contributed by atoms with Gasteiger partial charge in [0.25, 0.3) is 0 Å². The van der Waals surface area contributed by atoms with Crippen molar-refractivity contribution in [2.24, 2.45) is 0 Å². The third kappa shape index (κ3) is 8.69. The van der Waals surface area contributed by atoms with Gasteiger partial charge >= 0.3 is 6.09 Å². The average Bonchev–Trinajstić information content (AvgIpc) is 2.51. The normalized spacial score (nSPS) is 13.9. The Morgan fingerprint density at radius 2 is 2.00 bits per heavy atom. The largest absolute Gasteiger partial charge is 0.489 e. The summed E-state index contributed by atoms with van der Waals surface area (Å²) in [5.74, 6) is 0.165. The molecule has 0 saturated carbocycles. The van der Waals surface area contributed by atoms with Crippen molar-refractivity contribution in [3.05, 3.63) is 29.6 Å². The Labute approximate surface area is 148 Å². The Morgan fingerprint density at radius 3 is 2.60 bits per heavy atom. The molecule has 0 bridgehead atoms. The van der Waals surface area contributed by atoms with Gasteiger partial charge in [0.15, 0.2) is 0 Å². The summed E-state index contributed by atoms with van der Waals surface area (Å²) in [4.78, 5) is 11.7. The topological polar surface area (TPSA) is 79.8 Å². The van der Waals surface area contributed by atoms with Gasteiger partial charge in [-0.2, -0.15) is 0 Å². The minimum absolute atomic E-state index is 0.0122. The number of ether oxygens (including phenoxy) is 2. The second-order valence-corrected chi connectivity index (χ2v) is 7.03. The van der Waals surface area contributed by atoms with E-state index in [1.165, 1.54) is 12.1 Å². The van der Waals surface area contributed by atoms with Gasteiger partial charge in [-0.1, -0.05) is 0 Å². The van der Waals surface area contributed by atoms with E-state index >= 15 is 0 Å². The van der Waals surface area contributed by atoms with Crippen LogP contribution in [0.15, 0.2) is 18.2 Å². The second-order valence-electron chi connectivity index (χ2n) is 7.03. The highest BCUT2D eigenvalue weighted by Crippen LogP contribution is 2.21. The van der Waals surface area contributed by atoms with Gasteiger partial charge in [-0.15, -0.1) is 0 Å². The van der Waals surface area contributed by atoms with Gasteiger partial charge in [-0.25, -0.2) is 9.18 Å². The number of carbonyl (C=O) groups excluding carboxylic acids is 1. The van der Waals surface area contributed by atoms with Gasteiger partial charge < -0.3 is 25.2 Å². The quantitative estimate of drug-likeness (QED) is 0.667. The average molecular weight is 356 g/mol. The molecule has 1 aromatic carbocycles. The summed E-state index contributed by atoms with van der Waals surface area (Å²) in [7, 11) is 0. The predicted molar refractivity (Wildman–Crippen MR) is 94.1 cm³/mol. The standard InChI is InChI=1S/C18H29FN2O4/c1-12(11-22)20-10-14-8-15(19)6-7-16(14)24-13(2)9-21-17(23)25-18(3,4)5/h6-8,12-13,20,22H,9-11H2,1-5H3,(H,21,23)/t12-,13+/m1/s1. The summed E-state index contributed by atoms with van der Waals surface area (Å²) >= 11 is 0. The molecule has 0 aliphatic heterocycles. The number of nitrogens with one attached hydrogen (secondary N) is 2. The fourth-order valence-electron chi connectivity index (χ4n) is 1.95. The molecule has 6 nitrogen and oxygen atoms in total. The van der Waals surface area contributed by atoms with Crippen molar-refractivity contribution in [1.29, 1.82) is 0 Å². The third-order valence-corrected chi connectivity index (χ3v) is 3.20. The van der Waals surface area contributed by atoms with Crippen molar-refractivity contribution < 1.29 is 23.8 Å². The zero-order valence-corrected chi connectivity index (χ0v) is 15.6. The molecule has 1 aromatic rings. The number of hydrogen-bond acceptors (Lipinski definition) is 5. The van der Waals surface area contributed by atoms with E-state index in [-0.39, 0.29) is 31.1 Å². The molecule has 0 spiro atoms. The lowest BCUT2D eigenvalue weighted by molar-refractivity contribution is 0.0505. The van der Waals surface area contributed by atoms with Crippen molar-refractivity contribution >= 4 is 6.09 Å². The van der Waals surface area contributed by atoms with Gasteiger partial charge in [0.2, 0.25) is 0 Å². The molecule has 1 amide bonds. The molecule has 7 heteroatoms. The lowest BCUT2D eigenvalue weighted by atomic mass is 10.1. The number of alkyl carbamates (subject to hydrolysis) is 1. The number of aliphatic hydroxyl groups excluding tert-OH is 1. The Morgan fingerprint density at radius 1 is 1.32 bits per heavy atom. The SMILES string of the molecule is C[C@H](CO)NCc1cc(F)ccc1O[C@@H](C)CNC(=O)OC(C)(C)C. The molecule has 0 heterocycles. The maximum atomic E-state index is 13.5. The molecular formula is C18H29FN2O4. The van der Waals surface area contributed by atoms with E-state index in [1.807, 2.05) is 6.92 Å². The van der Waals surface area contributed by atoms with Gasteiger partial charge in [0, 0.05) is 18.2 Å². The Hall–Kier alpha value is -1.86. The Balaban J connectivity index is 2.61. The number of hydrogen-bond donors (Lipinski definition) is 3. The van der Waals surface area contributed by atoms with Crippen LogP contribution in [-0.4, -0.2) is 42.1 Å². The molecule has 25 heavy (non-hydrogen) atoms. The fourth-order valence-corrected chi connectivity index (χ4v) is 1.95. The molecule has 2 atom stereocenters. The van der Waals surface area contributed by atoms with Gasteiger partial charge in [-0.3, -0.25) is 0 Å². The van der Waals surface area contributed by atoms with Crippen LogP contribution in [0, 0.1) is 5.82 Å². The summed E-state index contributed by atoms with van der Waals surface area (Å²) in [5.41, 5.74) is 0.0809. The highest BCUT2D eigenvalue weighted by Gasteiger charge is 2.17. The molecule has 0 saturated heterocycles. The van der Waals surface area contributed by atoms with Crippen LogP contribution in [0.1, 0.15) is 40.2 Å². The first-order valence-electron chi connectivity index (χ1n) is 8.37. The predicted octanol–water partition coefficient (Wildman–Crippen LogP) is 2.59. The maximum absolute atomic E-state index is 13.5. The third-order valence-electron chi connectivity index (χ3n) is 3.20. The van der Waals surface area contributed by atoms with Crippen LogP contribution in [0.25, 0.3) is 0 Å². The molecule has 0 aliphatic carbocycles. The van der Waals surface area contributed by atoms with Crippen LogP contribution in [0.4, 0.5) is 9.18 Å². The van der Waals surface area contributed by atoms with E-state index in [9.17, 15) is 9.18 Å². The van der Waals surface area contributed by atoms with Gasteiger partial charge in [0.05, 0.1) is 13.2 Å². The first-order chi connectivity index (χ1) is 11.6. The Bertz CT molecular complexity index is 560. The molecule has 0 unspecified atom stereocenters. The van der Waals surface area contributed by atoms with Crippen LogP contribution in [0.3, 0.4) is 0 Å². The van der Waals surface area contributed by atoms with Gasteiger partial charge in [-0.05, 0) is 52.8 Å². The fraction of sp³-hybridized carbons (Fsp3) is 0.611. The molecule has 3 N–H and O–H groups in total. The Kier molecular flexibility index (Phi) is 8.12. The van der Waals surface area contributed by atoms with Crippen molar-refractivity contribution in [3.8, 4) is 5.75 Å². The van der Waals surface area contributed by atoms with Crippen molar-refractivity contribution in [3.63, 3.8) is 0 Å². The smallest absolute Gasteiger partial charge is 0.407 e. The molecule has 0 aromatic heterocycles. The highest BCUT2D eigenvalue weighted by atomic mass is 19.1. The van der Waals surface area contributed by atoms with Crippen molar-refractivity contribution in [2.75, 3.05) is 13.2 Å². The number of benzene rings is 1. The van der Waals surface area contributed by atoms with Crippen molar-refractivity contribution in [1.82, 2.24) is 10.6 Å². The second kappa shape index (κ2) is 9.58. The van der Waals surface area contributed by atoms with Crippen molar-refractivity contribution in [2.45, 2.75) is 58.9 Å². The van der Waals surface area contributed by atoms with Crippen LogP contribution in [0.2, 0.25) is 0 Å². The zero-order valence-electron chi connectivity index (χ0n) is 15.6. The van der Waals surface area contributed by atoms with Gasteiger partial charge in [0.1, 0.15) is 23.3 Å². The number of aliphatic hydroxyl groups is 1. The minimum atomic E-state index is -0.562. The summed E-state index contributed by atoms with van der Waals surface area (Å²) in [5, 5.41) is 14.8. The summed E-state index contributed by atoms with van der Waals surface area (Å²) < 4.78 is 24.5. The van der Waals surface area contributed by atoms with E-state index < -0.39 is 11.7 Å². The molecule has 142 valence electrons. The number of carbonyl (C=O) groups is 1. The van der Waals surface area contributed by atoms with E-state index in [4.69, 9.17) is 14.6 Å². The zero-order chi connectivity index (χ0) is 19.0. The van der Waals surface area contributed by atoms with E-state index in [0.717, 1.165) is 0 Å². The molecule has 0 aliphatic rings. The number of rotatable bonds is 8. The van der Waals surface area contributed by atoms with E-state index in [2.05, 4.69) is 10.6 Å². The van der Waals surface area contributed by atoms with E-state index in [1.54, 1.807) is 33.8 Å². The molecular weight excluding hydrogens is 327 g/mol. The first-order valence-corrected chi connectivity index (χ1v) is 8.37. The lowest BCUT2D eigenvalue weighted by Crippen LogP contribution is -2.37. The molecule has 1 rings (SSSR count).